The van der Waals surface area contributed by atoms with Gasteiger partial charge in [-0.15, -0.1) is 0 Å². The van der Waals surface area contributed by atoms with Crippen molar-refractivity contribution in [2.45, 2.75) is 51.7 Å². The molecule has 0 radical (unpaired) electrons. The van der Waals surface area contributed by atoms with E-state index in [1.807, 2.05) is 17.1 Å². The molecule has 2 aliphatic heterocycles. The number of aliphatic imine (C=N–C) groups is 1. The lowest BCUT2D eigenvalue weighted by atomic mass is 9.84. The number of nitrogens with zero attached hydrogens (tertiary/aromatic N) is 6. The molecule has 7 nitrogen and oxygen atoms in total. The summed E-state index contributed by atoms with van der Waals surface area (Å²) in [6, 6.07) is 4.76. The summed E-state index contributed by atoms with van der Waals surface area (Å²) in [7, 11) is 0. The minimum Gasteiger partial charge on any atom is -0.324 e. The van der Waals surface area contributed by atoms with E-state index in [0.29, 0.717) is 24.0 Å². The van der Waals surface area contributed by atoms with E-state index in [1.165, 1.54) is 30.9 Å². The van der Waals surface area contributed by atoms with Gasteiger partial charge in [-0.25, -0.2) is 15.0 Å². The molecular weight excluding hydrogens is 369 g/mol. The zero-order valence-corrected chi connectivity index (χ0v) is 16.4. The SMILES string of the molecule is CCCC1=C(Cn2ccnc2-c2cccc(F)n2)N=CN2C(C3CCC3)=NNC12. The number of hydrazone groups is 1. The van der Waals surface area contributed by atoms with Gasteiger partial charge in [-0.2, -0.15) is 9.49 Å². The van der Waals surface area contributed by atoms with Crippen molar-refractivity contribution >= 4 is 12.2 Å². The second-order valence-electron chi connectivity index (χ2n) is 7.73. The first kappa shape index (κ1) is 18.0. The summed E-state index contributed by atoms with van der Waals surface area (Å²) in [5, 5.41) is 4.64. The van der Waals surface area contributed by atoms with Crippen molar-refractivity contribution in [3.8, 4) is 11.5 Å². The lowest BCUT2D eigenvalue weighted by Crippen LogP contribution is -2.46. The van der Waals surface area contributed by atoms with Crippen LogP contribution in [-0.4, -0.2) is 37.8 Å². The highest BCUT2D eigenvalue weighted by atomic mass is 19.1. The van der Waals surface area contributed by atoms with Crippen LogP contribution in [0.3, 0.4) is 0 Å². The van der Waals surface area contributed by atoms with Crippen LogP contribution in [0.5, 0.6) is 0 Å². The molecule has 29 heavy (non-hydrogen) atoms. The lowest BCUT2D eigenvalue weighted by Gasteiger charge is -2.34. The summed E-state index contributed by atoms with van der Waals surface area (Å²) in [5.74, 6) is 1.79. The van der Waals surface area contributed by atoms with Gasteiger partial charge in [0.15, 0.2) is 5.82 Å². The maximum atomic E-state index is 13.6. The number of amidine groups is 1. The molecule has 0 amide bonds. The largest absolute Gasteiger partial charge is 0.324 e. The second-order valence-corrected chi connectivity index (χ2v) is 7.73. The van der Waals surface area contributed by atoms with Crippen LogP contribution in [0.2, 0.25) is 0 Å². The van der Waals surface area contributed by atoms with Gasteiger partial charge >= 0.3 is 0 Å². The van der Waals surface area contributed by atoms with Crippen molar-refractivity contribution in [3.63, 3.8) is 0 Å². The average Bonchev–Trinajstić information content (AvgIpc) is 3.30. The van der Waals surface area contributed by atoms with Crippen LogP contribution in [0.15, 0.2) is 52.0 Å². The Morgan fingerprint density at radius 2 is 2.17 bits per heavy atom. The van der Waals surface area contributed by atoms with Crippen LogP contribution in [0.4, 0.5) is 4.39 Å². The van der Waals surface area contributed by atoms with Crippen LogP contribution in [0, 0.1) is 11.9 Å². The Labute approximate surface area is 169 Å². The molecule has 5 rings (SSSR count). The first-order valence-corrected chi connectivity index (χ1v) is 10.3. The number of hydrogen-bond donors (Lipinski definition) is 1. The van der Waals surface area contributed by atoms with E-state index < -0.39 is 5.95 Å². The number of allylic oxidation sites excluding steroid dienone is 1. The maximum absolute atomic E-state index is 13.6. The number of imidazole rings is 1. The molecule has 150 valence electrons. The fourth-order valence-corrected chi connectivity index (χ4v) is 4.15. The molecule has 1 saturated carbocycles. The van der Waals surface area contributed by atoms with Crippen LogP contribution in [-0.2, 0) is 6.54 Å². The van der Waals surface area contributed by atoms with E-state index in [0.717, 1.165) is 24.4 Å². The molecule has 1 aliphatic carbocycles. The zero-order valence-electron chi connectivity index (χ0n) is 16.4. The summed E-state index contributed by atoms with van der Waals surface area (Å²) in [5.41, 5.74) is 6.10. The van der Waals surface area contributed by atoms with E-state index in [1.54, 1.807) is 18.3 Å². The molecule has 0 aromatic carbocycles. The second kappa shape index (κ2) is 7.42. The van der Waals surface area contributed by atoms with Gasteiger partial charge in [-0.05, 0) is 37.0 Å². The van der Waals surface area contributed by atoms with E-state index >= 15 is 0 Å². The molecule has 3 aliphatic rings. The van der Waals surface area contributed by atoms with Crippen molar-refractivity contribution in [2.24, 2.45) is 16.0 Å². The minimum atomic E-state index is -0.509. The van der Waals surface area contributed by atoms with Crippen molar-refractivity contribution in [1.82, 2.24) is 24.9 Å². The third-order valence-corrected chi connectivity index (χ3v) is 5.85. The Kier molecular flexibility index (Phi) is 4.61. The van der Waals surface area contributed by atoms with Gasteiger partial charge in [-0.1, -0.05) is 25.8 Å². The van der Waals surface area contributed by atoms with Gasteiger partial charge in [0.2, 0.25) is 5.95 Å². The summed E-state index contributed by atoms with van der Waals surface area (Å²) in [6.45, 7) is 2.74. The molecule has 2 aromatic heterocycles. The number of pyridine rings is 1. The highest BCUT2D eigenvalue weighted by molar-refractivity contribution is 5.96. The predicted octanol–water partition coefficient (Wildman–Crippen LogP) is 3.53. The summed E-state index contributed by atoms with van der Waals surface area (Å²) < 4.78 is 15.6. The zero-order chi connectivity index (χ0) is 19.8. The number of rotatable bonds is 6. The number of aromatic nitrogens is 3. The third kappa shape index (κ3) is 3.22. The van der Waals surface area contributed by atoms with E-state index in [4.69, 9.17) is 4.99 Å². The number of fused-ring (bicyclic) bond motifs is 1. The van der Waals surface area contributed by atoms with Gasteiger partial charge in [0, 0.05) is 18.3 Å². The molecule has 8 heteroatoms. The Hall–Kier alpha value is -3.03. The van der Waals surface area contributed by atoms with Gasteiger partial charge in [-0.3, -0.25) is 10.3 Å². The first-order chi connectivity index (χ1) is 14.2. The molecule has 0 bridgehead atoms. The van der Waals surface area contributed by atoms with Gasteiger partial charge in [0.05, 0.1) is 18.6 Å². The fraction of sp³-hybridized carbons (Fsp3) is 0.429. The van der Waals surface area contributed by atoms with Crippen molar-refractivity contribution in [1.29, 1.82) is 0 Å². The summed E-state index contributed by atoms with van der Waals surface area (Å²) >= 11 is 0. The number of nitrogens with one attached hydrogen (secondary N) is 1. The van der Waals surface area contributed by atoms with Crippen molar-refractivity contribution in [3.05, 3.63) is 47.8 Å². The highest BCUT2D eigenvalue weighted by Gasteiger charge is 2.38. The predicted molar refractivity (Wildman–Crippen MR) is 109 cm³/mol. The molecule has 2 aromatic rings. The van der Waals surface area contributed by atoms with E-state index in [-0.39, 0.29) is 6.17 Å². The summed E-state index contributed by atoms with van der Waals surface area (Å²) in [6.07, 6.45) is 11.2. The smallest absolute Gasteiger partial charge is 0.213 e. The normalized spacial score (nSPS) is 21.1. The van der Waals surface area contributed by atoms with Crippen molar-refractivity contribution in [2.75, 3.05) is 0 Å². The molecule has 1 unspecified atom stereocenters. The van der Waals surface area contributed by atoms with Crippen molar-refractivity contribution < 1.29 is 4.39 Å². The topological polar surface area (TPSA) is 70.7 Å². The van der Waals surface area contributed by atoms with Gasteiger partial charge in [0.1, 0.15) is 17.7 Å². The molecule has 1 atom stereocenters. The average molecular weight is 393 g/mol. The lowest BCUT2D eigenvalue weighted by molar-refractivity contribution is 0.370. The summed E-state index contributed by atoms with van der Waals surface area (Å²) in [4.78, 5) is 15.4. The van der Waals surface area contributed by atoms with Gasteiger partial charge < -0.3 is 4.57 Å². The van der Waals surface area contributed by atoms with Crippen LogP contribution < -0.4 is 5.43 Å². The number of hydrogen-bond acceptors (Lipinski definition) is 6. The van der Waals surface area contributed by atoms with Crippen LogP contribution in [0.25, 0.3) is 11.5 Å². The fourth-order valence-electron chi connectivity index (χ4n) is 4.15. The Morgan fingerprint density at radius 3 is 2.93 bits per heavy atom. The molecule has 4 heterocycles. The molecule has 0 saturated heterocycles. The van der Waals surface area contributed by atoms with Crippen LogP contribution in [0.1, 0.15) is 39.0 Å². The van der Waals surface area contributed by atoms with Crippen LogP contribution >= 0.6 is 0 Å². The maximum Gasteiger partial charge on any atom is 0.213 e. The Morgan fingerprint density at radius 1 is 1.28 bits per heavy atom. The first-order valence-electron chi connectivity index (χ1n) is 10.3. The molecule has 1 fully saturated rings. The quantitative estimate of drug-likeness (QED) is 0.763. The highest BCUT2D eigenvalue weighted by Crippen LogP contribution is 2.34. The van der Waals surface area contributed by atoms with E-state index in [9.17, 15) is 4.39 Å². The number of halogens is 1. The van der Waals surface area contributed by atoms with Gasteiger partial charge in [0.25, 0.3) is 0 Å². The third-order valence-electron chi connectivity index (χ3n) is 5.85. The monoisotopic (exact) mass is 393 g/mol. The van der Waals surface area contributed by atoms with E-state index in [2.05, 4.69) is 32.3 Å². The Bertz CT molecular complexity index is 1000. The standard InChI is InChI=1S/C21H24FN7/c1-2-5-15-17(24-13-29-19(14-6-3-7-14)26-27-20(15)29)12-28-11-10-23-21(28)16-8-4-9-18(22)25-16/h4,8-11,13-14,20,27H,2-3,5-7,12H2,1H3. The molecule has 1 N–H and O–H groups in total. The minimum absolute atomic E-state index is 0.0392. The molecule has 0 spiro atoms. The molecular formula is C21H24FN7. The Balaban J connectivity index is 1.43.